The van der Waals surface area contributed by atoms with Crippen molar-refractivity contribution in [1.82, 2.24) is 24.9 Å². The van der Waals surface area contributed by atoms with Crippen molar-refractivity contribution >= 4 is 28.5 Å². The molecule has 12 rings (SSSR count). The van der Waals surface area contributed by atoms with Crippen molar-refractivity contribution in [2.45, 2.75) is 20.5 Å². The zero-order valence-corrected chi connectivity index (χ0v) is 60.9. The van der Waals surface area contributed by atoms with Gasteiger partial charge >= 0.3 is 0 Å². The summed E-state index contributed by atoms with van der Waals surface area (Å²) in [5.41, 5.74) is 10.5. The van der Waals surface area contributed by atoms with E-state index in [1.807, 2.05) is 97.9 Å². The first kappa shape index (κ1) is 81.4. The van der Waals surface area contributed by atoms with Gasteiger partial charge in [-0.05, 0) is 102 Å². The van der Waals surface area contributed by atoms with Gasteiger partial charge in [-0.25, -0.2) is 0 Å². The van der Waals surface area contributed by atoms with Crippen LogP contribution < -0.4 is 9.80 Å². The molecule has 10 nitrogen and oxygen atoms in total. The standard InChI is InChI=1S/C23H16FN2.C13H12FN2.C12H8F2NO.C11H6F2N.C11H7FN.C5H8O2.4Ir/c24-19-13-11-18(12-14-19)23-17-22(15-16-25-23)26(20-7-3-1-4-8-20)21-9-5-2-6-10-21;1-16(2)12-7-8-15-13(9-12)10-3-5-11(14)6-4-10;13-9-1-2-10(11(14)6-9)12-5-8(7-16)3-4-15-12;12-8-4-5-9(10(13)7-8)11-3-1-2-6-14-11;12-10-6-4-9(5-7-10)11-3-1-2-8-13-11;1-4(6)3-5(2)7;;;;/h1-11,13-17H;3,5-9H,1-2H3;1,3-6,16H,7H2;1-4,6-7H;1-4,6-8H;3,6H,1-2H3;;;;/q5*-1;;;;;. The second kappa shape index (κ2) is 42.6. The van der Waals surface area contributed by atoms with Crippen LogP contribution in [0.1, 0.15) is 19.4 Å². The molecule has 0 aliphatic carbocycles. The molecule has 0 saturated carbocycles. The van der Waals surface area contributed by atoms with Crippen molar-refractivity contribution in [2.75, 3.05) is 23.9 Å². The third-order valence-electron chi connectivity index (χ3n) is 12.4. The van der Waals surface area contributed by atoms with Crippen LogP contribution in [0, 0.1) is 71.1 Å². The minimum absolute atomic E-state index is 0. The normalized spacial score (nSPS) is 9.94. The first-order valence-corrected chi connectivity index (χ1v) is 28.0. The first-order valence-electron chi connectivity index (χ1n) is 28.0. The molecule has 0 amide bonds. The summed E-state index contributed by atoms with van der Waals surface area (Å²) >= 11 is 0. The molecule has 5 heterocycles. The number of hydrogen-bond donors (Lipinski definition) is 2. The quantitative estimate of drug-likeness (QED) is 0.0559. The summed E-state index contributed by atoms with van der Waals surface area (Å²) in [6, 6.07) is 72.6. The van der Waals surface area contributed by atoms with E-state index in [4.69, 9.17) is 10.2 Å². The van der Waals surface area contributed by atoms with Crippen LogP contribution in [0.3, 0.4) is 0 Å². The Morgan fingerprint density at radius 3 is 1.18 bits per heavy atom. The summed E-state index contributed by atoms with van der Waals surface area (Å²) in [4.78, 5) is 34.9. The SMILES string of the molecule is CC(=O)C=C(C)O.CN(C)c1ccnc(-c2[c-]cc(F)cc2)c1.Fc1c[c-]c(-c2cc(N(c3ccccc3)c3ccccc3)ccn2)cc1.Fc1c[c-]c(-c2ccccn2)c(F)c1.Fc1c[c-]c(-c2ccccn2)cc1.OCc1ccnc(-c2[c-]cc(F)cc2F)c1.[Ir].[Ir].[Ir].[Ir]. The Labute approximate surface area is 607 Å². The number of hydrogen-bond acceptors (Lipinski definition) is 10. The fraction of sp³-hybridized carbons (Fsp3) is 0.0667. The number of allylic oxidation sites excluding steroid dienone is 2. The van der Waals surface area contributed by atoms with E-state index in [-0.39, 0.29) is 127 Å². The largest absolute Gasteiger partial charge is 0.512 e. The molecule has 0 saturated heterocycles. The van der Waals surface area contributed by atoms with Gasteiger partial charge in [-0.3, -0.25) is 35.5 Å². The summed E-state index contributed by atoms with van der Waals surface area (Å²) in [6.07, 6.45) is 9.37. The van der Waals surface area contributed by atoms with E-state index in [9.17, 15) is 35.5 Å². The third kappa shape index (κ3) is 26.4. The zero-order chi connectivity index (χ0) is 65.8. The first-order chi connectivity index (χ1) is 44.4. The fourth-order valence-electron chi connectivity index (χ4n) is 8.17. The maximum atomic E-state index is 13.4. The van der Waals surface area contributed by atoms with E-state index in [2.05, 4.69) is 84.4 Å². The molecule has 12 aromatic rings. The van der Waals surface area contributed by atoms with E-state index >= 15 is 0 Å². The third-order valence-corrected chi connectivity index (χ3v) is 12.4. The van der Waals surface area contributed by atoms with Gasteiger partial charge in [0.15, 0.2) is 5.78 Å². The number of carbonyl (C=O) groups excluding carboxylic acids is 1. The van der Waals surface area contributed by atoms with Crippen molar-refractivity contribution < 1.29 is 126 Å². The molecule has 0 aliphatic rings. The van der Waals surface area contributed by atoms with Gasteiger partial charge in [-0.2, -0.15) is 0 Å². The zero-order valence-electron chi connectivity index (χ0n) is 51.3. The molecule has 500 valence electrons. The summed E-state index contributed by atoms with van der Waals surface area (Å²) in [5.74, 6) is -3.62. The number of nitrogens with zero attached hydrogens (tertiary/aromatic N) is 7. The van der Waals surface area contributed by atoms with Crippen molar-refractivity contribution in [2.24, 2.45) is 0 Å². The smallest absolute Gasteiger partial charge is 0.155 e. The average molecular weight is 2010 g/mol. The number of aromatic nitrogens is 5. The maximum absolute atomic E-state index is 13.4. The average Bonchev–Trinajstić information content (AvgIpc) is 0.849. The molecule has 5 aromatic heterocycles. The van der Waals surface area contributed by atoms with Gasteiger partial charge < -0.3 is 44.9 Å². The second-order valence-electron chi connectivity index (χ2n) is 19.6. The van der Waals surface area contributed by atoms with Gasteiger partial charge in [0.2, 0.25) is 0 Å². The van der Waals surface area contributed by atoms with E-state index in [0.717, 1.165) is 80.8 Å². The molecule has 7 aromatic carbocycles. The summed E-state index contributed by atoms with van der Waals surface area (Å²) in [6.45, 7) is 2.69. The number of benzene rings is 7. The van der Waals surface area contributed by atoms with Gasteiger partial charge in [0.05, 0.1) is 12.4 Å². The van der Waals surface area contributed by atoms with Crippen LogP contribution in [0.4, 0.5) is 53.5 Å². The van der Waals surface area contributed by atoms with E-state index < -0.39 is 23.3 Å². The van der Waals surface area contributed by atoms with Crippen molar-refractivity contribution in [1.29, 1.82) is 0 Å². The molecule has 4 radical (unpaired) electrons. The molecule has 0 fully saturated rings. The second-order valence-corrected chi connectivity index (χ2v) is 19.6. The summed E-state index contributed by atoms with van der Waals surface area (Å²) in [5, 5.41) is 17.3. The number of halogens is 7. The van der Waals surface area contributed by atoms with Crippen LogP contribution in [0.15, 0.2) is 255 Å². The van der Waals surface area contributed by atoms with Gasteiger partial charge in [-0.1, -0.05) is 102 Å². The van der Waals surface area contributed by atoms with Crippen LogP contribution in [0.5, 0.6) is 0 Å². The van der Waals surface area contributed by atoms with Crippen molar-refractivity contribution in [3.05, 3.63) is 332 Å². The minimum atomic E-state index is -0.720. The van der Waals surface area contributed by atoms with Gasteiger partial charge in [-0.15, -0.1) is 114 Å². The minimum Gasteiger partial charge on any atom is -0.512 e. The summed E-state index contributed by atoms with van der Waals surface area (Å²) in [7, 11) is 3.93. The van der Waals surface area contributed by atoms with Crippen LogP contribution >= 0.6 is 0 Å². The van der Waals surface area contributed by atoms with E-state index in [1.165, 1.54) is 68.6 Å². The molecule has 0 bridgehead atoms. The number of carbonyl (C=O) groups is 1. The van der Waals surface area contributed by atoms with Gasteiger partial charge in [0.25, 0.3) is 0 Å². The van der Waals surface area contributed by atoms with Crippen LogP contribution in [-0.2, 0) is 91.8 Å². The number of ketones is 1. The molecule has 96 heavy (non-hydrogen) atoms. The number of pyridine rings is 5. The predicted octanol–water partition coefficient (Wildman–Crippen LogP) is 17.8. The molecule has 21 heteroatoms. The number of para-hydroxylation sites is 2. The van der Waals surface area contributed by atoms with Crippen LogP contribution in [0.2, 0.25) is 0 Å². The molecule has 0 atom stereocenters. The molecule has 0 unspecified atom stereocenters. The Bertz CT molecular complexity index is 4230. The van der Waals surface area contributed by atoms with Gasteiger partial charge in [0, 0.05) is 195 Å². The van der Waals surface area contributed by atoms with Crippen LogP contribution in [-0.4, -0.2) is 55.0 Å². The molecular weight excluding hydrogens is 1950 g/mol. The molecule has 0 spiro atoms. The van der Waals surface area contributed by atoms with Crippen molar-refractivity contribution in [3.8, 4) is 56.3 Å². The number of anilines is 4. The molecule has 2 N–H and O–H groups in total. The molecule has 0 aliphatic heterocycles. The predicted molar refractivity (Wildman–Crippen MR) is 344 cm³/mol. The fourth-order valence-corrected chi connectivity index (χ4v) is 8.17. The monoisotopic (exact) mass is 2010 g/mol. The Morgan fingerprint density at radius 1 is 0.406 bits per heavy atom. The number of rotatable bonds is 11. The number of aliphatic hydroxyl groups is 2. The molecular formula is C75H57F7Ir4N7O3-5. The topological polar surface area (TPSA) is 128 Å². The van der Waals surface area contributed by atoms with Gasteiger partial charge in [0.1, 0.15) is 0 Å². The maximum Gasteiger partial charge on any atom is 0.155 e. The van der Waals surface area contributed by atoms with E-state index in [1.54, 1.807) is 67.3 Å². The van der Waals surface area contributed by atoms with E-state index in [0.29, 0.717) is 17.0 Å². The number of aliphatic hydroxyl groups excluding tert-OH is 2. The van der Waals surface area contributed by atoms with Crippen molar-refractivity contribution in [3.63, 3.8) is 0 Å². The summed E-state index contributed by atoms with van der Waals surface area (Å²) < 4.78 is 90.4. The Balaban J connectivity index is 0.000000308. The van der Waals surface area contributed by atoms with Crippen LogP contribution in [0.25, 0.3) is 56.3 Å². The Kier molecular flexibility index (Phi) is 36.1. The Hall–Kier alpha value is -8.83. The Morgan fingerprint density at radius 2 is 0.792 bits per heavy atom.